The molecule has 1 aromatic heterocycles. The Kier molecular flexibility index (Phi) is 5.96. The summed E-state index contributed by atoms with van der Waals surface area (Å²) in [7, 11) is 0. The van der Waals surface area contributed by atoms with E-state index in [1.165, 1.54) is 11.3 Å². The first-order valence-electron chi connectivity index (χ1n) is 9.06. The molecule has 3 N–H and O–H groups in total. The van der Waals surface area contributed by atoms with Crippen LogP contribution in [0.15, 0.2) is 72.8 Å². The van der Waals surface area contributed by atoms with Crippen molar-refractivity contribution in [1.29, 1.82) is 0 Å². The zero-order chi connectivity index (χ0) is 21.1. The van der Waals surface area contributed by atoms with E-state index in [-0.39, 0.29) is 5.01 Å². The van der Waals surface area contributed by atoms with E-state index < -0.39 is 18.1 Å². The van der Waals surface area contributed by atoms with Gasteiger partial charge in [0.05, 0.1) is 15.2 Å². The second kappa shape index (κ2) is 8.81. The van der Waals surface area contributed by atoms with Gasteiger partial charge < -0.3 is 20.3 Å². The Morgan fingerprint density at radius 1 is 1.00 bits per heavy atom. The lowest BCUT2D eigenvalue weighted by Crippen LogP contribution is -2.33. The van der Waals surface area contributed by atoms with E-state index in [9.17, 15) is 15.0 Å². The summed E-state index contributed by atoms with van der Waals surface area (Å²) >= 11 is 7.31. The van der Waals surface area contributed by atoms with Crippen LogP contribution in [0, 0.1) is 0 Å². The number of aliphatic hydroxyl groups excluding tert-OH is 2. The van der Waals surface area contributed by atoms with Crippen molar-refractivity contribution in [2.75, 3.05) is 5.32 Å². The standard InChI is InChI=1S/C22H17ClN2O4S/c23-15-5-1-3-7-17(15)29-14-11-9-13(10-12-14)24-21(28)19(26)20(27)22-25-16-6-2-4-8-18(16)30-22/h1-12,19-20,26-27H,(H,24,28). The molecule has 0 fully saturated rings. The van der Waals surface area contributed by atoms with Crippen molar-refractivity contribution >= 4 is 44.7 Å². The highest BCUT2D eigenvalue weighted by molar-refractivity contribution is 7.18. The smallest absolute Gasteiger partial charge is 0.256 e. The summed E-state index contributed by atoms with van der Waals surface area (Å²) < 4.78 is 6.57. The van der Waals surface area contributed by atoms with E-state index in [0.29, 0.717) is 27.7 Å². The number of benzene rings is 3. The predicted molar refractivity (Wildman–Crippen MR) is 117 cm³/mol. The van der Waals surface area contributed by atoms with Gasteiger partial charge in [0.25, 0.3) is 5.91 Å². The Morgan fingerprint density at radius 2 is 1.70 bits per heavy atom. The summed E-state index contributed by atoms with van der Waals surface area (Å²) in [6, 6.07) is 21.0. The Balaban J connectivity index is 1.40. The van der Waals surface area contributed by atoms with Crippen molar-refractivity contribution in [3.05, 3.63) is 82.8 Å². The first-order chi connectivity index (χ1) is 14.5. The van der Waals surface area contributed by atoms with Crippen LogP contribution in [0.4, 0.5) is 5.69 Å². The number of halogens is 1. The van der Waals surface area contributed by atoms with Gasteiger partial charge in [-0.05, 0) is 48.5 Å². The molecule has 0 spiro atoms. The number of ether oxygens (including phenoxy) is 1. The molecule has 0 aliphatic rings. The number of amides is 1. The number of hydrogen-bond acceptors (Lipinski definition) is 6. The van der Waals surface area contributed by atoms with Gasteiger partial charge in [-0.2, -0.15) is 0 Å². The highest BCUT2D eigenvalue weighted by atomic mass is 35.5. The van der Waals surface area contributed by atoms with Gasteiger partial charge in [-0.1, -0.05) is 35.9 Å². The normalized spacial score (nSPS) is 13.0. The molecule has 30 heavy (non-hydrogen) atoms. The fraction of sp³-hybridized carbons (Fsp3) is 0.0909. The minimum Gasteiger partial charge on any atom is -0.456 e. The topological polar surface area (TPSA) is 91.7 Å². The number of para-hydroxylation sites is 2. The highest BCUT2D eigenvalue weighted by Crippen LogP contribution is 2.30. The zero-order valence-corrected chi connectivity index (χ0v) is 17.1. The summed E-state index contributed by atoms with van der Waals surface area (Å²) in [5.41, 5.74) is 1.15. The summed E-state index contributed by atoms with van der Waals surface area (Å²) in [6.07, 6.45) is -3.09. The van der Waals surface area contributed by atoms with Crippen LogP contribution in [-0.2, 0) is 4.79 Å². The number of nitrogens with zero attached hydrogens (tertiary/aromatic N) is 1. The first-order valence-corrected chi connectivity index (χ1v) is 10.3. The molecule has 0 aliphatic heterocycles. The zero-order valence-electron chi connectivity index (χ0n) is 15.5. The molecule has 0 aliphatic carbocycles. The van der Waals surface area contributed by atoms with Crippen molar-refractivity contribution in [3.63, 3.8) is 0 Å². The largest absolute Gasteiger partial charge is 0.456 e. The summed E-state index contributed by atoms with van der Waals surface area (Å²) in [5, 5.41) is 24.0. The fourth-order valence-corrected chi connectivity index (χ4v) is 3.93. The maximum absolute atomic E-state index is 12.4. The molecule has 0 saturated heterocycles. The second-order valence-electron chi connectivity index (χ2n) is 6.46. The van der Waals surface area contributed by atoms with Gasteiger partial charge in [0.15, 0.2) is 6.10 Å². The minimum absolute atomic E-state index is 0.280. The quantitative estimate of drug-likeness (QED) is 0.401. The maximum Gasteiger partial charge on any atom is 0.256 e. The van der Waals surface area contributed by atoms with E-state index in [1.807, 2.05) is 30.3 Å². The molecule has 152 valence electrons. The molecule has 1 amide bonds. The lowest BCUT2D eigenvalue weighted by atomic mass is 10.2. The Hall–Kier alpha value is -2.97. The van der Waals surface area contributed by atoms with Gasteiger partial charge in [0.1, 0.15) is 22.6 Å². The van der Waals surface area contributed by atoms with E-state index >= 15 is 0 Å². The molecule has 2 atom stereocenters. The monoisotopic (exact) mass is 440 g/mol. The average molecular weight is 441 g/mol. The van der Waals surface area contributed by atoms with Crippen LogP contribution in [0.1, 0.15) is 11.1 Å². The number of fused-ring (bicyclic) bond motifs is 1. The molecule has 0 radical (unpaired) electrons. The Bertz CT molecular complexity index is 1150. The molecule has 4 aromatic rings. The number of carbonyl (C=O) groups excluding carboxylic acids is 1. The SMILES string of the molecule is O=C(Nc1ccc(Oc2ccccc2Cl)cc1)C(O)C(O)c1nc2ccccc2s1. The Morgan fingerprint density at radius 3 is 2.43 bits per heavy atom. The molecular formula is C22H17ClN2O4S. The molecule has 0 bridgehead atoms. The third-order valence-electron chi connectivity index (χ3n) is 4.32. The van der Waals surface area contributed by atoms with Crippen LogP contribution >= 0.6 is 22.9 Å². The van der Waals surface area contributed by atoms with E-state index in [0.717, 1.165) is 4.70 Å². The van der Waals surface area contributed by atoms with Gasteiger partial charge in [-0.3, -0.25) is 4.79 Å². The average Bonchev–Trinajstić information content (AvgIpc) is 3.20. The van der Waals surface area contributed by atoms with Gasteiger partial charge >= 0.3 is 0 Å². The van der Waals surface area contributed by atoms with E-state index in [4.69, 9.17) is 16.3 Å². The van der Waals surface area contributed by atoms with Crippen LogP contribution in [0.5, 0.6) is 11.5 Å². The number of rotatable bonds is 6. The van der Waals surface area contributed by atoms with Crippen molar-refractivity contribution in [3.8, 4) is 11.5 Å². The number of nitrogens with one attached hydrogen (secondary N) is 1. The number of aromatic nitrogens is 1. The van der Waals surface area contributed by atoms with Gasteiger partial charge in [-0.25, -0.2) is 4.98 Å². The molecule has 4 rings (SSSR count). The molecule has 6 nitrogen and oxygen atoms in total. The lowest BCUT2D eigenvalue weighted by molar-refractivity contribution is -0.129. The Labute approximate surface area is 181 Å². The first kappa shape index (κ1) is 20.3. The minimum atomic E-state index is -1.66. The summed E-state index contributed by atoms with van der Waals surface area (Å²) in [4.78, 5) is 16.7. The van der Waals surface area contributed by atoms with Crippen molar-refractivity contribution < 1.29 is 19.7 Å². The molecule has 2 unspecified atom stereocenters. The van der Waals surface area contributed by atoms with Crippen LogP contribution < -0.4 is 10.1 Å². The number of carbonyl (C=O) groups is 1. The number of aliphatic hydroxyl groups is 2. The number of hydrogen-bond donors (Lipinski definition) is 3. The number of thiazole rings is 1. The van der Waals surface area contributed by atoms with Crippen LogP contribution in [0.2, 0.25) is 5.02 Å². The molecule has 0 saturated carbocycles. The van der Waals surface area contributed by atoms with Crippen LogP contribution in [-0.4, -0.2) is 27.2 Å². The molecule has 1 heterocycles. The second-order valence-corrected chi connectivity index (χ2v) is 7.93. The molecule has 3 aromatic carbocycles. The summed E-state index contributed by atoms with van der Waals surface area (Å²) in [6.45, 7) is 0. The third kappa shape index (κ3) is 4.44. The van der Waals surface area contributed by atoms with Gasteiger partial charge in [-0.15, -0.1) is 11.3 Å². The van der Waals surface area contributed by atoms with Gasteiger partial charge in [0, 0.05) is 5.69 Å². The van der Waals surface area contributed by atoms with Crippen molar-refractivity contribution in [2.24, 2.45) is 0 Å². The van der Waals surface area contributed by atoms with Crippen molar-refractivity contribution in [1.82, 2.24) is 4.98 Å². The maximum atomic E-state index is 12.4. The van der Waals surface area contributed by atoms with E-state index in [1.54, 1.807) is 42.5 Å². The lowest BCUT2D eigenvalue weighted by Gasteiger charge is -2.15. The fourth-order valence-electron chi connectivity index (χ4n) is 2.77. The number of anilines is 1. The van der Waals surface area contributed by atoms with Crippen LogP contribution in [0.25, 0.3) is 10.2 Å². The van der Waals surface area contributed by atoms with Gasteiger partial charge in [0.2, 0.25) is 0 Å². The van der Waals surface area contributed by atoms with Crippen molar-refractivity contribution in [2.45, 2.75) is 12.2 Å². The highest BCUT2D eigenvalue weighted by Gasteiger charge is 2.28. The summed E-state index contributed by atoms with van der Waals surface area (Å²) in [5.74, 6) is 0.322. The van der Waals surface area contributed by atoms with Crippen LogP contribution in [0.3, 0.4) is 0 Å². The molecule has 8 heteroatoms. The molecular weight excluding hydrogens is 424 g/mol. The predicted octanol–water partition coefficient (Wildman–Crippen LogP) is 4.78. The third-order valence-corrected chi connectivity index (χ3v) is 5.74. The van der Waals surface area contributed by atoms with E-state index in [2.05, 4.69) is 10.3 Å².